The van der Waals surface area contributed by atoms with Crippen molar-refractivity contribution in [3.05, 3.63) is 12.7 Å². The molecule has 1 aliphatic heterocycles. The summed E-state index contributed by atoms with van der Waals surface area (Å²) in [6.45, 7) is 2.53. The molecule has 3 rings (SSSR count). The number of aliphatic hydroxyl groups is 2. The molecule has 2 aromatic rings. The predicted molar refractivity (Wildman–Crippen MR) is 189 cm³/mol. The SMILES string of the molecule is CCCCCC(=O)SCCNC(=O)CCNC(=O)C(O)C(C)(C)COP(=O)(O)OP(=O)(O)OCC1OC(n2cnc3c(N)ncnc32)C(O)C1OP(=O)([O-])O.[Li+].[Li+].[Li+]. The third-order valence-corrected chi connectivity index (χ3v) is 11.8. The first-order valence-corrected chi connectivity index (χ1v) is 22.1. The fraction of sp³-hybridized carbons (Fsp3) is 0.704. The van der Waals surface area contributed by atoms with E-state index in [4.69, 9.17) is 19.5 Å². The Labute approximate surface area is 373 Å². The van der Waals surface area contributed by atoms with Crippen molar-refractivity contribution >= 4 is 69.1 Å². The Morgan fingerprint density at radius 2 is 1.69 bits per heavy atom. The maximum absolute atomic E-state index is 12.6. The first-order chi connectivity index (χ1) is 25.6. The number of anilines is 1. The third kappa shape index (κ3) is 18.4. The average molecular weight is 886 g/mol. The van der Waals surface area contributed by atoms with E-state index in [1.807, 2.05) is 6.92 Å². The number of phosphoric acid groups is 3. The Hall–Kier alpha value is -0.648. The molecule has 58 heavy (non-hydrogen) atoms. The summed E-state index contributed by atoms with van der Waals surface area (Å²) in [5.41, 5.74) is 4.23. The van der Waals surface area contributed by atoms with Crippen molar-refractivity contribution in [2.75, 3.05) is 37.8 Å². The number of nitrogens with zero attached hydrogens (tertiary/aromatic N) is 4. The smallest absolute Gasteiger partial charge is 0.756 e. The number of nitrogens with one attached hydrogen (secondary N) is 2. The number of carbonyl (C=O) groups excluding carboxylic acids is 3. The summed E-state index contributed by atoms with van der Waals surface area (Å²) in [7, 11) is -16.6. The van der Waals surface area contributed by atoms with Crippen molar-refractivity contribution in [3.63, 3.8) is 0 Å². The first kappa shape index (κ1) is 57.4. The van der Waals surface area contributed by atoms with E-state index in [-0.39, 0.29) is 98.2 Å². The van der Waals surface area contributed by atoms with Gasteiger partial charge in [-0.2, -0.15) is 4.31 Å². The van der Waals surface area contributed by atoms with E-state index < -0.39 is 84.6 Å². The summed E-state index contributed by atoms with van der Waals surface area (Å²) in [4.78, 5) is 89.3. The van der Waals surface area contributed by atoms with E-state index in [9.17, 15) is 57.9 Å². The molecule has 2 amide bonds. The number of hydrogen-bond acceptors (Lipinski definition) is 19. The molecule has 1 fully saturated rings. The largest absolute Gasteiger partial charge is 1.00 e. The molecule has 2 aromatic heterocycles. The predicted octanol–water partition coefficient (Wildman–Crippen LogP) is -9.38. The van der Waals surface area contributed by atoms with Gasteiger partial charge >= 0.3 is 72.2 Å². The van der Waals surface area contributed by atoms with Gasteiger partial charge in [0.15, 0.2) is 22.8 Å². The third-order valence-electron chi connectivity index (χ3n) is 7.75. The van der Waals surface area contributed by atoms with Gasteiger partial charge < -0.3 is 55.4 Å². The number of ether oxygens (including phenoxy) is 1. The molecule has 31 heteroatoms. The van der Waals surface area contributed by atoms with Crippen LogP contribution in [0.15, 0.2) is 12.7 Å². The normalized spacial score (nSPS) is 21.5. The van der Waals surface area contributed by atoms with Crippen LogP contribution in [0.4, 0.5) is 5.82 Å². The van der Waals surface area contributed by atoms with E-state index in [0.717, 1.165) is 48.2 Å². The van der Waals surface area contributed by atoms with Gasteiger partial charge in [-0.3, -0.25) is 32.6 Å². The molecule has 312 valence electrons. The van der Waals surface area contributed by atoms with Crippen LogP contribution in [0.1, 0.15) is 59.1 Å². The number of aliphatic hydroxyl groups excluding tert-OH is 2. The minimum atomic E-state index is -5.58. The zero-order valence-electron chi connectivity index (χ0n) is 32.9. The Morgan fingerprint density at radius 1 is 1.03 bits per heavy atom. The Balaban J connectivity index is 0.0000108. The average Bonchev–Trinajstić information content (AvgIpc) is 3.64. The number of imidazole rings is 1. The molecule has 0 spiro atoms. The van der Waals surface area contributed by atoms with Gasteiger partial charge in [0.1, 0.15) is 36.3 Å². The summed E-state index contributed by atoms with van der Waals surface area (Å²) in [6, 6.07) is 0. The van der Waals surface area contributed by atoms with Crippen molar-refractivity contribution < 1.29 is 137 Å². The van der Waals surface area contributed by atoms with E-state index >= 15 is 0 Å². The molecule has 0 aliphatic carbocycles. The standard InChI is InChI=1S/C27H46N7O17P3S.3Li/c1-4-5-6-7-18(36)55-11-10-29-17(35)8-9-30-25(39)22(38)27(2,3)13-48-54(45,46)51-53(43,44)47-12-16-21(50-52(40,41)42)20(37)26(49-16)34-15-33-19-23(28)31-14-32-24(19)34;;;/h14-16,20-22,26,37-38H,4-13H2,1-3H3,(H,29,35)(H,30,39)(H,43,44)(H,45,46)(H2,28,31,32)(H2,40,41,42);;;/q;3*+1/p-1. The summed E-state index contributed by atoms with van der Waals surface area (Å²) < 4.78 is 61.7. The molecule has 8 atom stereocenters. The van der Waals surface area contributed by atoms with Gasteiger partial charge in [-0.1, -0.05) is 45.4 Å². The minimum absolute atomic E-state index is 0. The van der Waals surface area contributed by atoms with E-state index in [2.05, 4.69) is 34.4 Å². The van der Waals surface area contributed by atoms with Crippen molar-refractivity contribution in [2.24, 2.45) is 5.41 Å². The van der Waals surface area contributed by atoms with Gasteiger partial charge in [-0.25, -0.2) is 24.1 Å². The Kier molecular flexibility index (Phi) is 25.2. The minimum Gasteiger partial charge on any atom is -0.756 e. The Bertz CT molecular complexity index is 1800. The monoisotopic (exact) mass is 885 g/mol. The number of unbranched alkanes of at least 4 members (excludes halogenated alkanes) is 2. The van der Waals surface area contributed by atoms with Crippen LogP contribution in [-0.4, -0.2) is 118 Å². The van der Waals surface area contributed by atoms with Crippen molar-refractivity contribution in [2.45, 2.75) is 83.5 Å². The van der Waals surface area contributed by atoms with Crippen LogP contribution in [0.2, 0.25) is 0 Å². The second kappa shape index (κ2) is 25.5. The maximum atomic E-state index is 12.6. The zero-order valence-corrected chi connectivity index (χ0v) is 36.4. The van der Waals surface area contributed by atoms with Crippen LogP contribution in [0, 0.1) is 5.41 Å². The van der Waals surface area contributed by atoms with Crippen LogP contribution >= 0.6 is 35.2 Å². The number of rotatable bonds is 23. The number of amides is 2. The summed E-state index contributed by atoms with van der Waals surface area (Å²) in [5.74, 6) is -1.06. The molecule has 24 nitrogen and oxygen atoms in total. The van der Waals surface area contributed by atoms with E-state index in [1.165, 1.54) is 13.8 Å². The number of carbonyl (C=O) groups is 3. The van der Waals surface area contributed by atoms with Crippen LogP contribution in [0.25, 0.3) is 11.2 Å². The fourth-order valence-electron chi connectivity index (χ4n) is 4.88. The van der Waals surface area contributed by atoms with E-state index in [0.29, 0.717) is 12.2 Å². The molecule has 0 bridgehead atoms. The summed E-state index contributed by atoms with van der Waals surface area (Å²) >= 11 is 1.12. The van der Waals surface area contributed by atoms with E-state index in [1.54, 1.807) is 0 Å². The molecule has 8 unspecified atom stereocenters. The van der Waals surface area contributed by atoms with Gasteiger partial charge in [0.05, 0.1) is 19.5 Å². The summed E-state index contributed by atoms with van der Waals surface area (Å²) in [5, 5.41) is 26.4. The van der Waals surface area contributed by atoms with Gasteiger partial charge in [0.2, 0.25) is 11.8 Å². The van der Waals surface area contributed by atoms with Crippen molar-refractivity contribution in [3.8, 4) is 0 Å². The molecule has 1 saturated heterocycles. The van der Waals surface area contributed by atoms with Gasteiger partial charge in [-0.05, 0) is 6.42 Å². The number of thioether (sulfide) groups is 1. The molecule has 3 heterocycles. The fourth-order valence-corrected chi connectivity index (χ4v) is 8.42. The Morgan fingerprint density at radius 3 is 2.33 bits per heavy atom. The quantitative estimate of drug-likeness (QED) is 0.0292. The topological polar surface area (TPSA) is 366 Å². The van der Waals surface area contributed by atoms with Crippen LogP contribution < -0.4 is 77.8 Å². The number of phosphoric ester groups is 3. The number of nitrogen functional groups attached to an aromatic ring is 1. The summed E-state index contributed by atoms with van der Waals surface area (Å²) in [6.07, 6.45) is -3.84. The molecular formula is C27H45Li3N7O17P3S+2. The number of nitrogens with two attached hydrogens (primary N) is 1. The first-order valence-electron chi connectivity index (χ1n) is 16.6. The van der Waals surface area contributed by atoms with Crippen LogP contribution in [0.3, 0.4) is 0 Å². The zero-order chi connectivity index (χ0) is 41.2. The van der Waals surface area contributed by atoms with Crippen molar-refractivity contribution in [1.29, 1.82) is 0 Å². The van der Waals surface area contributed by atoms with Crippen LogP contribution in [0.5, 0.6) is 0 Å². The number of fused-ring (bicyclic) bond motifs is 1. The molecule has 0 aromatic carbocycles. The van der Waals surface area contributed by atoms with Gasteiger partial charge in [-0.15, -0.1) is 0 Å². The number of hydrogen-bond donors (Lipinski definition) is 8. The second-order valence-corrected chi connectivity index (χ2v) is 18.1. The molecule has 9 N–H and O–H groups in total. The molecular weight excluding hydrogens is 840 g/mol. The maximum Gasteiger partial charge on any atom is 1.00 e. The van der Waals surface area contributed by atoms with Crippen LogP contribution in [-0.2, 0) is 50.7 Å². The van der Waals surface area contributed by atoms with Crippen molar-refractivity contribution in [1.82, 2.24) is 30.2 Å². The van der Waals surface area contributed by atoms with Gasteiger partial charge in [0.25, 0.3) is 7.82 Å². The van der Waals surface area contributed by atoms with Gasteiger partial charge in [0, 0.05) is 37.1 Å². The molecule has 0 radical (unpaired) electrons. The molecule has 1 aliphatic rings. The number of aromatic nitrogens is 4. The second-order valence-electron chi connectivity index (χ2n) is 12.7. The molecule has 0 saturated carbocycles.